The number of sulfonamides is 1. The van der Waals surface area contributed by atoms with E-state index in [1.807, 2.05) is 4.90 Å². The highest BCUT2D eigenvalue weighted by molar-refractivity contribution is 7.91. The lowest BCUT2D eigenvalue weighted by atomic mass is 10.2. The van der Waals surface area contributed by atoms with E-state index in [4.69, 9.17) is 0 Å². The Kier molecular flexibility index (Phi) is 4.87. The quantitative estimate of drug-likeness (QED) is 0.772. The molecule has 3 heterocycles. The Morgan fingerprint density at radius 2 is 1.92 bits per heavy atom. The maximum absolute atomic E-state index is 12.7. The van der Waals surface area contributed by atoms with Crippen LogP contribution in [0.25, 0.3) is 0 Å². The van der Waals surface area contributed by atoms with Crippen LogP contribution in [0, 0.1) is 5.92 Å². The lowest BCUT2D eigenvalue weighted by Gasteiger charge is -2.26. The summed E-state index contributed by atoms with van der Waals surface area (Å²) in [4.78, 5) is 16.9. The molecule has 2 saturated heterocycles. The summed E-state index contributed by atoms with van der Waals surface area (Å²) in [5.41, 5.74) is 0. The molecule has 4 rings (SSSR count). The molecule has 3 aliphatic rings. The Balaban J connectivity index is 1.39. The van der Waals surface area contributed by atoms with E-state index in [1.165, 1.54) is 24.2 Å². The SMILES string of the molecule is O=C1C(N2CCCN(S(=O)(=O)c3cccs3)CC2)CCN1CC1CC1. The molecule has 138 valence electrons. The standard InChI is InChI=1S/C17H25N3O3S2/c21-17-15(6-9-19(17)13-14-4-5-14)18-7-2-8-20(11-10-18)25(22,23)16-3-1-12-24-16/h1,3,12,14-15H,2,4-11,13H2. The number of carbonyl (C=O) groups excluding carboxylic acids is 1. The predicted molar refractivity (Wildman–Crippen MR) is 97.0 cm³/mol. The van der Waals surface area contributed by atoms with Gasteiger partial charge in [-0.2, -0.15) is 4.31 Å². The summed E-state index contributed by atoms with van der Waals surface area (Å²) >= 11 is 1.26. The number of hydrogen-bond acceptors (Lipinski definition) is 5. The number of nitrogens with zero attached hydrogens (tertiary/aromatic N) is 3. The molecule has 8 heteroatoms. The minimum Gasteiger partial charge on any atom is -0.341 e. The lowest BCUT2D eigenvalue weighted by Crippen LogP contribution is -2.44. The van der Waals surface area contributed by atoms with Gasteiger partial charge in [-0.3, -0.25) is 9.69 Å². The number of rotatable bonds is 5. The molecule has 0 bridgehead atoms. The van der Waals surface area contributed by atoms with Crippen molar-refractivity contribution in [3.8, 4) is 0 Å². The molecular weight excluding hydrogens is 358 g/mol. The van der Waals surface area contributed by atoms with Crippen molar-refractivity contribution in [2.75, 3.05) is 39.3 Å². The average molecular weight is 384 g/mol. The highest BCUT2D eigenvalue weighted by Gasteiger charge is 2.39. The Morgan fingerprint density at radius 1 is 1.08 bits per heavy atom. The molecule has 3 fully saturated rings. The van der Waals surface area contributed by atoms with Gasteiger partial charge in [-0.15, -0.1) is 11.3 Å². The van der Waals surface area contributed by atoms with E-state index in [2.05, 4.69) is 4.90 Å². The summed E-state index contributed by atoms with van der Waals surface area (Å²) in [6, 6.07) is 3.38. The first kappa shape index (κ1) is 17.5. The molecular formula is C17H25N3O3S2. The second kappa shape index (κ2) is 6.98. The molecule has 0 N–H and O–H groups in total. The topological polar surface area (TPSA) is 60.9 Å². The van der Waals surface area contributed by atoms with Crippen molar-refractivity contribution in [1.82, 2.24) is 14.1 Å². The van der Waals surface area contributed by atoms with E-state index in [0.29, 0.717) is 23.8 Å². The molecule has 1 aliphatic carbocycles. The highest BCUT2D eigenvalue weighted by atomic mass is 32.2. The summed E-state index contributed by atoms with van der Waals surface area (Å²) in [5, 5.41) is 1.79. The van der Waals surface area contributed by atoms with E-state index in [9.17, 15) is 13.2 Å². The van der Waals surface area contributed by atoms with Gasteiger partial charge >= 0.3 is 0 Å². The second-order valence-corrected chi connectivity index (χ2v) is 10.4. The Morgan fingerprint density at radius 3 is 2.64 bits per heavy atom. The van der Waals surface area contributed by atoms with Crippen LogP contribution in [-0.4, -0.2) is 73.7 Å². The van der Waals surface area contributed by atoms with E-state index < -0.39 is 10.0 Å². The second-order valence-electron chi connectivity index (χ2n) is 7.26. The van der Waals surface area contributed by atoms with Gasteiger partial charge < -0.3 is 4.90 Å². The van der Waals surface area contributed by atoms with E-state index >= 15 is 0 Å². The largest absolute Gasteiger partial charge is 0.341 e. The molecule has 0 radical (unpaired) electrons. The molecule has 1 unspecified atom stereocenters. The van der Waals surface area contributed by atoms with Crippen molar-refractivity contribution in [1.29, 1.82) is 0 Å². The molecule has 1 atom stereocenters. The normalized spacial score (nSPS) is 27.0. The molecule has 1 aromatic rings. The zero-order valence-corrected chi connectivity index (χ0v) is 16.0. The van der Waals surface area contributed by atoms with E-state index in [0.717, 1.165) is 38.4 Å². The number of likely N-dealkylation sites (tertiary alicyclic amines) is 1. The van der Waals surface area contributed by atoms with Crippen molar-refractivity contribution < 1.29 is 13.2 Å². The van der Waals surface area contributed by atoms with Crippen molar-refractivity contribution >= 4 is 27.3 Å². The highest BCUT2D eigenvalue weighted by Crippen LogP contribution is 2.32. The Hall–Kier alpha value is -0.960. The van der Waals surface area contributed by atoms with Crippen LogP contribution < -0.4 is 0 Å². The molecule has 0 aromatic carbocycles. The first-order chi connectivity index (χ1) is 12.1. The monoisotopic (exact) mass is 383 g/mol. The van der Waals surface area contributed by atoms with Gasteiger partial charge in [0.05, 0.1) is 6.04 Å². The number of thiophene rings is 1. The minimum absolute atomic E-state index is 0.0526. The van der Waals surface area contributed by atoms with Crippen LogP contribution in [0.5, 0.6) is 0 Å². The summed E-state index contributed by atoms with van der Waals surface area (Å²) in [5.74, 6) is 0.972. The van der Waals surface area contributed by atoms with Gasteiger partial charge in [0.2, 0.25) is 5.91 Å². The molecule has 0 spiro atoms. The molecule has 25 heavy (non-hydrogen) atoms. The molecule has 1 amide bonds. The van der Waals surface area contributed by atoms with Crippen LogP contribution in [0.2, 0.25) is 0 Å². The van der Waals surface area contributed by atoms with Gasteiger partial charge in [0.15, 0.2) is 0 Å². The minimum atomic E-state index is -3.39. The Labute approximate surface area is 153 Å². The van der Waals surface area contributed by atoms with Gasteiger partial charge in [0, 0.05) is 39.3 Å². The van der Waals surface area contributed by atoms with Crippen LogP contribution in [0.3, 0.4) is 0 Å². The van der Waals surface area contributed by atoms with Crippen molar-refractivity contribution in [3.05, 3.63) is 17.5 Å². The lowest BCUT2D eigenvalue weighted by molar-refractivity contribution is -0.132. The summed E-state index contributed by atoms with van der Waals surface area (Å²) < 4.78 is 27.4. The third-order valence-electron chi connectivity index (χ3n) is 5.46. The van der Waals surface area contributed by atoms with Gasteiger partial charge in [-0.05, 0) is 43.0 Å². The zero-order chi connectivity index (χ0) is 17.4. The van der Waals surface area contributed by atoms with Crippen molar-refractivity contribution in [2.45, 2.75) is 35.9 Å². The third kappa shape index (κ3) is 3.63. The van der Waals surface area contributed by atoms with E-state index in [-0.39, 0.29) is 11.9 Å². The van der Waals surface area contributed by atoms with Crippen LogP contribution >= 0.6 is 11.3 Å². The molecule has 1 aromatic heterocycles. The first-order valence-electron chi connectivity index (χ1n) is 9.12. The molecule has 2 aliphatic heterocycles. The number of carbonyl (C=O) groups is 1. The third-order valence-corrected chi connectivity index (χ3v) is 8.74. The fourth-order valence-electron chi connectivity index (χ4n) is 3.86. The smallest absolute Gasteiger partial charge is 0.252 e. The van der Waals surface area contributed by atoms with E-state index in [1.54, 1.807) is 21.8 Å². The summed E-state index contributed by atoms with van der Waals surface area (Å²) in [7, 11) is -3.39. The van der Waals surface area contributed by atoms with Crippen molar-refractivity contribution in [3.63, 3.8) is 0 Å². The average Bonchev–Trinajstić information content (AvgIpc) is 3.18. The predicted octanol–water partition coefficient (Wildman–Crippen LogP) is 1.46. The van der Waals surface area contributed by atoms with Gasteiger partial charge in [-0.1, -0.05) is 6.07 Å². The van der Waals surface area contributed by atoms with Crippen LogP contribution in [-0.2, 0) is 14.8 Å². The van der Waals surface area contributed by atoms with Gasteiger partial charge in [-0.25, -0.2) is 8.42 Å². The van der Waals surface area contributed by atoms with Crippen LogP contribution in [0.4, 0.5) is 0 Å². The summed E-state index contributed by atoms with van der Waals surface area (Å²) in [6.45, 7) is 4.20. The number of amides is 1. The maximum Gasteiger partial charge on any atom is 0.252 e. The van der Waals surface area contributed by atoms with Gasteiger partial charge in [0.1, 0.15) is 4.21 Å². The Bertz CT molecular complexity index is 716. The fourth-order valence-corrected chi connectivity index (χ4v) is 6.47. The molecule has 6 nitrogen and oxygen atoms in total. The zero-order valence-electron chi connectivity index (χ0n) is 14.3. The van der Waals surface area contributed by atoms with Gasteiger partial charge in [0.25, 0.3) is 10.0 Å². The summed E-state index contributed by atoms with van der Waals surface area (Å²) in [6.07, 6.45) is 4.17. The fraction of sp³-hybridized carbons (Fsp3) is 0.706. The molecule has 1 saturated carbocycles. The number of hydrogen-bond donors (Lipinski definition) is 0. The maximum atomic E-state index is 12.7. The van der Waals surface area contributed by atoms with Crippen LogP contribution in [0.1, 0.15) is 25.7 Å². The van der Waals surface area contributed by atoms with Crippen LogP contribution in [0.15, 0.2) is 21.7 Å². The van der Waals surface area contributed by atoms with Crippen molar-refractivity contribution in [2.24, 2.45) is 5.92 Å². The first-order valence-corrected chi connectivity index (χ1v) is 11.4.